The summed E-state index contributed by atoms with van der Waals surface area (Å²) < 4.78 is 15.1. The van der Waals surface area contributed by atoms with E-state index in [2.05, 4.69) is 10.2 Å². The summed E-state index contributed by atoms with van der Waals surface area (Å²) in [4.78, 5) is 25.6. The summed E-state index contributed by atoms with van der Waals surface area (Å²) in [6.45, 7) is 2.78. The van der Waals surface area contributed by atoms with Crippen molar-refractivity contribution in [2.45, 2.75) is 0 Å². The van der Waals surface area contributed by atoms with E-state index in [1.807, 2.05) is 24.3 Å². The van der Waals surface area contributed by atoms with Gasteiger partial charge in [-0.2, -0.15) is 0 Å². The van der Waals surface area contributed by atoms with Gasteiger partial charge in [0.25, 0.3) is 5.91 Å². The van der Waals surface area contributed by atoms with Crippen molar-refractivity contribution < 1.29 is 23.5 Å². The van der Waals surface area contributed by atoms with Crippen molar-refractivity contribution in [2.24, 2.45) is 0 Å². The molecule has 0 atom stereocenters. The lowest BCUT2D eigenvalue weighted by atomic mass is 10.2. The summed E-state index contributed by atoms with van der Waals surface area (Å²) in [7, 11) is 0. The monoisotopic (exact) mass is 330 g/mol. The van der Waals surface area contributed by atoms with Crippen molar-refractivity contribution in [2.75, 3.05) is 43.1 Å². The number of benzene rings is 1. The van der Waals surface area contributed by atoms with Crippen molar-refractivity contribution in [3.63, 3.8) is 0 Å². The summed E-state index contributed by atoms with van der Waals surface area (Å²) in [5.41, 5.74) is 1.73. The van der Waals surface area contributed by atoms with Crippen LogP contribution in [0, 0.1) is 0 Å². The molecule has 1 aromatic heterocycles. The highest BCUT2D eigenvalue weighted by atomic mass is 16.5. The van der Waals surface area contributed by atoms with Gasteiger partial charge in [0.05, 0.1) is 19.5 Å². The SMILES string of the molecule is O=C(COC(=O)c1ccco1)Nc1ccc(N2CCOCC2)cc1. The lowest BCUT2D eigenvalue weighted by molar-refractivity contribution is -0.119. The normalized spacial score (nSPS) is 14.2. The fourth-order valence-corrected chi connectivity index (χ4v) is 2.37. The Labute approximate surface area is 139 Å². The quantitative estimate of drug-likeness (QED) is 0.844. The van der Waals surface area contributed by atoms with Crippen molar-refractivity contribution in [1.82, 2.24) is 0 Å². The van der Waals surface area contributed by atoms with E-state index < -0.39 is 11.9 Å². The number of amides is 1. The second-order valence-corrected chi connectivity index (χ2v) is 5.25. The van der Waals surface area contributed by atoms with E-state index in [0.717, 1.165) is 32.0 Å². The first-order valence-corrected chi connectivity index (χ1v) is 7.65. The van der Waals surface area contributed by atoms with E-state index in [0.29, 0.717) is 5.69 Å². The summed E-state index contributed by atoms with van der Waals surface area (Å²) >= 11 is 0. The molecular formula is C17H18N2O5. The van der Waals surface area contributed by atoms with Gasteiger partial charge >= 0.3 is 5.97 Å². The van der Waals surface area contributed by atoms with Crippen molar-refractivity contribution in [1.29, 1.82) is 0 Å². The molecule has 1 fully saturated rings. The molecule has 1 N–H and O–H groups in total. The van der Waals surface area contributed by atoms with Crippen LogP contribution in [0.4, 0.5) is 11.4 Å². The van der Waals surface area contributed by atoms with Gasteiger partial charge in [0, 0.05) is 24.5 Å². The van der Waals surface area contributed by atoms with Crippen LogP contribution >= 0.6 is 0 Å². The summed E-state index contributed by atoms with van der Waals surface area (Å²) in [6.07, 6.45) is 1.37. The third kappa shape index (κ3) is 4.14. The molecule has 2 aromatic rings. The smallest absolute Gasteiger partial charge is 0.374 e. The van der Waals surface area contributed by atoms with Crippen LogP contribution in [0.5, 0.6) is 0 Å². The average Bonchev–Trinajstić information content (AvgIpc) is 3.16. The fraction of sp³-hybridized carbons (Fsp3) is 0.294. The second-order valence-electron chi connectivity index (χ2n) is 5.25. The number of hydrogen-bond acceptors (Lipinski definition) is 6. The Kier molecular flexibility index (Phi) is 5.12. The van der Waals surface area contributed by atoms with E-state index in [-0.39, 0.29) is 12.4 Å². The number of hydrogen-bond donors (Lipinski definition) is 1. The summed E-state index contributed by atoms with van der Waals surface area (Å²) in [6, 6.07) is 10.6. The zero-order valence-electron chi connectivity index (χ0n) is 13.1. The van der Waals surface area contributed by atoms with Crippen molar-refractivity contribution in [3.05, 3.63) is 48.4 Å². The molecule has 7 nitrogen and oxygen atoms in total. The van der Waals surface area contributed by atoms with E-state index in [9.17, 15) is 9.59 Å². The van der Waals surface area contributed by atoms with E-state index in [1.165, 1.54) is 12.3 Å². The van der Waals surface area contributed by atoms with Gasteiger partial charge in [-0.15, -0.1) is 0 Å². The maximum Gasteiger partial charge on any atom is 0.374 e. The number of rotatable bonds is 5. The number of nitrogens with one attached hydrogen (secondary N) is 1. The third-order valence-electron chi connectivity index (χ3n) is 3.58. The molecule has 2 heterocycles. The minimum atomic E-state index is -0.669. The molecule has 24 heavy (non-hydrogen) atoms. The molecule has 0 unspecified atom stereocenters. The number of ether oxygens (including phenoxy) is 2. The zero-order chi connectivity index (χ0) is 16.8. The van der Waals surface area contributed by atoms with Gasteiger partial charge in [-0.25, -0.2) is 4.79 Å². The number of nitrogens with zero attached hydrogens (tertiary/aromatic N) is 1. The van der Waals surface area contributed by atoms with Crippen LogP contribution in [0.3, 0.4) is 0 Å². The highest BCUT2D eigenvalue weighted by Crippen LogP contribution is 2.19. The minimum Gasteiger partial charge on any atom is -0.457 e. The van der Waals surface area contributed by atoms with Crippen molar-refractivity contribution in [3.8, 4) is 0 Å². The predicted octanol–water partition coefficient (Wildman–Crippen LogP) is 1.91. The van der Waals surface area contributed by atoms with Gasteiger partial charge in [0.15, 0.2) is 6.61 Å². The Morgan fingerprint density at radius 1 is 1.12 bits per heavy atom. The molecule has 1 amide bonds. The Morgan fingerprint density at radius 3 is 2.54 bits per heavy atom. The van der Waals surface area contributed by atoms with Gasteiger partial charge in [-0.05, 0) is 36.4 Å². The number of carbonyl (C=O) groups excluding carboxylic acids is 2. The molecule has 1 aliphatic rings. The highest BCUT2D eigenvalue weighted by molar-refractivity contribution is 5.94. The first kappa shape index (κ1) is 16.1. The maximum atomic E-state index is 11.8. The first-order valence-electron chi connectivity index (χ1n) is 7.65. The number of esters is 1. The van der Waals surface area contributed by atoms with Crippen LogP contribution in [-0.4, -0.2) is 44.8 Å². The van der Waals surface area contributed by atoms with Gasteiger partial charge in [-0.1, -0.05) is 0 Å². The lowest BCUT2D eigenvalue weighted by Crippen LogP contribution is -2.36. The van der Waals surface area contributed by atoms with Crippen LogP contribution in [0.2, 0.25) is 0 Å². The molecule has 7 heteroatoms. The van der Waals surface area contributed by atoms with Gasteiger partial charge in [-0.3, -0.25) is 4.79 Å². The van der Waals surface area contributed by atoms with Crippen LogP contribution in [-0.2, 0) is 14.3 Å². The van der Waals surface area contributed by atoms with Gasteiger partial charge in [0.2, 0.25) is 5.76 Å². The number of morpholine rings is 1. The van der Waals surface area contributed by atoms with E-state index >= 15 is 0 Å². The van der Waals surface area contributed by atoms with Gasteiger partial charge in [0.1, 0.15) is 0 Å². The Bertz CT molecular complexity index is 676. The highest BCUT2D eigenvalue weighted by Gasteiger charge is 2.13. The van der Waals surface area contributed by atoms with Crippen LogP contribution in [0.25, 0.3) is 0 Å². The Morgan fingerprint density at radius 2 is 1.88 bits per heavy atom. The largest absolute Gasteiger partial charge is 0.457 e. The molecule has 0 bridgehead atoms. The van der Waals surface area contributed by atoms with Gasteiger partial charge < -0.3 is 24.1 Å². The molecule has 3 rings (SSSR count). The first-order chi connectivity index (χ1) is 11.7. The standard InChI is InChI=1S/C17H18N2O5/c20-16(12-24-17(21)15-2-1-9-23-15)18-13-3-5-14(6-4-13)19-7-10-22-11-8-19/h1-6,9H,7-8,10-12H2,(H,18,20). The average molecular weight is 330 g/mol. The summed E-state index contributed by atoms with van der Waals surface area (Å²) in [5.74, 6) is -1.01. The second kappa shape index (κ2) is 7.65. The fourth-order valence-electron chi connectivity index (χ4n) is 2.37. The lowest BCUT2D eigenvalue weighted by Gasteiger charge is -2.28. The minimum absolute atomic E-state index is 0.0673. The molecule has 1 saturated heterocycles. The van der Waals surface area contributed by atoms with Crippen LogP contribution < -0.4 is 10.2 Å². The molecular weight excluding hydrogens is 312 g/mol. The Hall–Kier alpha value is -2.80. The summed E-state index contributed by atoms with van der Waals surface area (Å²) in [5, 5.41) is 2.68. The number of anilines is 2. The molecule has 0 radical (unpaired) electrons. The van der Waals surface area contributed by atoms with Crippen LogP contribution in [0.15, 0.2) is 47.1 Å². The maximum absolute atomic E-state index is 11.8. The molecule has 126 valence electrons. The Balaban J connectivity index is 1.48. The number of carbonyl (C=O) groups is 2. The van der Waals surface area contributed by atoms with E-state index in [4.69, 9.17) is 13.9 Å². The number of furan rings is 1. The molecule has 0 spiro atoms. The topological polar surface area (TPSA) is 81.0 Å². The molecule has 0 saturated carbocycles. The van der Waals surface area contributed by atoms with Crippen molar-refractivity contribution >= 4 is 23.3 Å². The predicted molar refractivity (Wildman–Crippen MR) is 87.1 cm³/mol. The third-order valence-corrected chi connectivity index (χ3v) is 3.58. The zero-order valence-corrected chi connectivity index (χ0v) is 13.1. The molecule has 1 aliphatic heterocycles. The molecule has 0 aliphatic carbocycles. The van der Waals surface area contributed by atoms with Crippen LogP contribution in [0.1, 0.15) is 10.6 Å². The molecule has 1 aromatic carbocycles. The van der Waals surface area contributed by atoms with E-state index in [1.54, 1.807) is 6.07 Å².